The Balaban J connectivity index is 0.00000220. The predicted octanol–water partition coefficient (Wildman–Crippen LogP) is 1.15. The number of hydrogen-bond acceptors (Lipinski definition) is 5. The summed E-state index contributed by atoms with van der Waals surface area (Å²) in [7, 11) is 0. The molecule has 2 aliphatic heterocycles. The summed E-state index contributed by atoms with van der Waals surface area (Å²) in [6.07, 6.45) is 2.84. The Bertz CT molecular complexity index is 289. The molecule has 0 bridgehead atoms. The van der Waals surface area contributed by atoms with Gasteiger partial charge in [0, 0.05) is 50.1 Å². The summed E-state index contributed by atoms with van der Waals surface area (Å²) in [5, 5.41) is 6.43. The van der Waals surface area contributed by atoms with Crippen molar-refractivity contribution in [1.29, 1.82) is 0 Å². The molecule has 8 heteroatoms. The van der Waals surface area contributed by atoms with Crippen LogP contribution in [-0.2, 0) is 9.53 Å². The van der Waals surface area contributed by atoms with Crippen LogP contribution in [0.15, 0.2) is 0 Å². The predicted molar refractivity (Wildman–Crippen MR) is 97.7 cm³/mol. The summed E-state index contributed by atoms with van der Waals surface area (Å²) >= 11 is 1.93. The molecule has 2 saturated heterocycles. The molecule has 1 atom stereocenters. The number of unbranched alkanes of at least 4 members (excludes halogenated alkanes) is 1. The smallest absolute Gasteiger partial charge is 0.221 e. The number of hydrogen-bond donors (Lipinski definition) is 2. The zero-order valence-corrected chi connectivity index (χ0v) is 15.5. The first-order valence-electron chi connectivity index (χ1n) is 7.72. The van der Waals surface area contributed by atoms with Crippen molar-refractivity contribution in [3.05, 3.63) is 0 Å². The minimum Gasteiger partial charge on any atom is -0.379 e. The second-order valence-corrected chi connectivity index (χ2v) is 6.59. The highest BCUT2D eigenvalue weighted by Gasteiger charge is 2.16. The summed E-state index contributed by atoms with van der Waals surface area (Å²) < 4.78 is 5.32. The summed E-state index contributed by atoms with van der Waals surface area (Å²) in [6, 6.07) is 0.363. The maximum Gasteiger partial charge on any atom is 0.221 e. The standard InChI is InChI=1S/C14H27N3O2S.2ClH/c18-14(11-13-12-20-10-4-15-13)16-3-1-2-5-17-6-8-19-9-7-17;;/h13,15H,1-12H2,(H,16,18);2*1H. The SMILES string of the molecule is Cl.Cl.O=C(CC1CSCCN1)NCCCCN1CCOCC1. The molecule has 2 aliphatic rings. The number of amides is 1. The Kier molecular flexibility index (Phi) is 13.9. The Morgan fingerprint density at radius 2 is 2.05 bits per heavy atom. The number of ether oxygens (including phenoxy) is 1. The molecular formula is C14H29Cl2N3O2S. The largest absolute Gasteiger partial charge is 0.379 e. The van der Waals surface area contributed by atoms with Crippen molar-refractivity contribution >= 4 is 42.5 Å². The Morgan fingerprint density at radius 1 is 1.27 bits per heavy atom. The van der Waals surface area contributed by atoms with Gasteiger partial charge < -0.3 is 15.4 Å². The van der Waals surface area contributed by atoms with E-state index >= 15 is 0 Å². The van der Waals surface area contributed by atoms with Crippen molar-refractivity contribution in [3.8, 4) is 0 Å². The van der Waals surface area contributed by atoms with E-state index in [1.165, 1.54) is 5.75 Å². The van der Waals surface area contributed by atoms with E-state index in [4.69, 9.17) is 4.74 Å². The third kappa shape index (κ3) is 9.43. The molecule has 2 fully saturated rings. The highest BCUT2D eigenvalue weighted by Crippen LogP contribution is 2.09. The fourth-order valence-corrected chi connectivity index (χ4v) is 3.51. The van der Waals surface area contributed by atoms with Crippen LogP contribution in [-0.4, -0.2) is 74.3 Å². The molecule has 132 valence electrons. The molecule has 2 N–H and O–H groups in total. The maximum atomic E-state index is 11.8. The molecular weight excluding hydrogens is 345 g/mol. The first-order valence-corrected chi connectivity index (χ1v) is 8.88. The average Bonchev–Trinajstić information content (AvgIpc) is 2.49. The highest BCUT2D eigenvalue weighted by atomic mass is 35.5. The fourth-order valence-electron chi connectivity index (χ4n) is 2.56. The number of carbonyl (C=O) groups is 1. The molecule has 0 radical (unpaired) electrons. The summed E-state index contributed by atoms with van der Waals surface area (Å²) in [5.41, 5.74) is 0. The lowest BCUT2D eigenvalue weighted by Crippen LogP contribution is -2.41. The van der Waals surface area contributed by atoms with Gasteiger partial charge in [0.15, 0.2) is 0 Å². The van der Waals surface area contributed by atoms with E-state index in [1.807, 2.05) is 11.8 Å². The lowest BCUT2D eigenvalue weighted by Gasteiger charge is -2.26. The number of halogens is 2. The minimum absolute atomic E-state index is 0. The van der Waals surface area contributed by atoms with Gasteiger partial charge in [0.25, 0.3) is 0 Å². The molecule has 5 nitrogen and oxygen atoms in total. The molecule has 1 unspecified atom stereocenters. The van der Waals surface area contributed by atoms with Crippen LogP contribution >= 0.6 is 36.6 Å². The lowest BCUT2D eigenvalue weighted by molar-refractivity contribution is -0.121. The topological polar surface area (TPSA) is 53.6 Å². The number of rotatable bonds is 7. The zero-order valence-electron chi connectivity index (χ0n) is 13.1. The number of morpholine rings is 1. The van der Waals surface area contributed by atoms with E-state index in [1.54, 1.807) is 0 Å². The molecule has 0 aliphatic carbocycles. The van der Waals surface area contributed by atoms with Crippen molar-refractivity contribution in [2.24, 2.45) is 0 Å². The molecule has 0 spiro atoms. The van der Waals surface area contributed by atoms with Gasteiger partial charge in [-0.15, -0.1) is 24.8 Å². The van der Waals surface area contributed by atoms with Crippen LogP contribution in [0.2, 0.25) is 0 Å². The lowest BCUT2D eigenvalue weighted by atomic mass is 10.2. The summed E-state index contributed by atoms with van der Waals surface area (Å²) in [5.74, 6) is 2.42. The number of nitrogens with one attached hydrogen (secondary N) is 2. The maximum absolute atomic E-state index is 11.8. The van der Waals surface area contributed by atoms with E-state index in [0.29, 0.717) is 12.5 Å². The monoisotopic (exact) mass is 373 g/mol. The number of carbonyl (C=O) groups excluding carboxylic acids is 1. The van der Waals surface area contributed by atoms with Crippen LogP contribution in [0.1, 0.15) is 19.3 Å². The summed E-state index contributed by atoms with van der Waals surface area (Å²) in [6.45, 7) is 6.80. The van der Waals surface area contributed by atoms with Crippen molar-refractivity contribution in [2.75, 3.05) is 57.4 Å². The Hall–Kier alpha value is 0.280. The molecule has 0 aromatic rings. The third-order valence-electron chi connectivity index (χ3n) is 3.76. The molecule has 22 heavy (non-hydrogen) atoms. The first kappa shape index (κ1) is 22.3. The molecule has 2 heterocycles. The van der Waals surface area contributed by atoms with Crippen molar-refractivity contribution in [1.82, 2.24) is 15.5 Å². The van der Waals surface area contributed by atoms with Gasteiger partial charge in [0.05, 0.1) is 13.2 Å². The van der Waals surface area contributed by atoms with Crippen LogP contribution in [0.4, 0.5) is 0 Å². The van der Waals surface area contributed by atoms with Gasteiger partial charge in [-0.1, -0.05) is 0 Å². The quantitative estimate of drug-likeness (QED) is 0.655. The van der Waals surface area contributed by atoms with Crippen molar-refractivity contribution in [2.45, 2.75) is 25.3 Å². The van der Waals surface area contributed by atoms with E-state index in [9.17, 15) is 4.79 Å². The van der Waals surface area contributed by atoms with Gasteiger partial charge >= 0.3 is 0 Å². The van der Waals surface area contributed by atoms with Crippen LogP contribution in [0.5, 0.6) is 0 Å². The summed E-state index contributed by atoms with van der Waals surface area (Å²) in [4.78, 5) is 14.2. The third-order valence-corrected chi connectivity index (χ3v) is 4.89. The average molecular weight is 374 g/mol. The van der Waals surface area contributed by atoms with Crippen LogP contribution in [0.25, 0.3) is 0 Å². The zero-order chi connectivity index (χ0) is 14.0. The molecule has 1 amide bonds. The fraction of sp³-hybridized carbons (Fsp3) is 0.929. The van der Waals surface area contributed by atoms with Gasteiger partial charge in [0.1, 0.15) is 0 Å². The van der Waals surface area contributed by atoms with Crippen LogP contribution in [0, 0.1) is 0 Å². The number of nitrogens with zero attached hydrogens (tertiary/aromatic N) is 1. The second-order valence-electron chi connectivity index (χ2n) is 5.44. The van der Waals surface area contributed by atoms with E-state index in [2.05, 4.69) is 15.5 Å². The Morgan fingerprint density at radius 3 is 2.73 bits per heavy atom. The first-order chi connectivity index (χ1) is 9.84. The normalized spacial score (nSPS) is 22.3. The van der Waals surface area contributed by atoms with Gasteiger partial charge in [-0.05, 0) is 19.4 Å². The van der Waals surface area contributed by atoms with Gasteiger partial charge in [-0.25, -0.2) is 0 Å². The van der Waals surface area contributed by atoms with Crippen molar-refractivity contribution < 1.29 is 9.53 Å². The van der Waals surface area contributed by atoms with Crippen LogP contribution < -0.4 is 10.6 Å². The van der Waals surface area contributed by atoms with E-state index < -0.39 is 0 Å². The van der Waals surface area contributed by atoms with Gasteiger partial charge in [-0.3, -0.25) is 9.69 Å². The van der Waals surface area contributed by atoms with E-state index in [-0.39, 0.29) is 30.7 Å². The Labute approximate surface area is 150 Å². The second kappa shape index (κ2) is 13.7. The molecule has 0 saturated carbocycles. The molecule has 0 aromatic heterocycles. The minimum atomic E-state index is 0. The van der Waals surface area contributed by atoms with Crippen LogP contribution in [0.3, 0.4) is 0 Å². The van der Waals surface area contributed by atoms with Gasteiger partial charge in [0.2, 0.25) is 5.91 Å². The number of thioether (sulfide) groups is 1. The molecule has 0 aromatic carbocycles. The van der Waals surface area contributed by atoms with Gasteiger partial charge in [-0.2, -0.15) is 11.8 Å². The van der Waals surface area contributed by atoms with E-state index in [0.717, 1.165) is 64.5 Å². The molecule has 2 rings (SSSR count). The highest BCUT2D eigenvalue weighted by molar-refractivity contribution is 7.99. The van der Waals surface area contributed by atoms with Crippen molar-refractivity contribution in [3.63, 3.8) is 0 Å².